The first-order chi connectivity index (χ1) is 6.25. The third-order valence-corrected chi connectivity index (χ3v) is 2.69. The number of amides is 1. The van der Waals surface area contributed by atoms with E-state index in [4.69, 9.17) is 10.5 Å². The highest BCUT2D eigenvalue weighted by atomic mass is 16.5. The molecule has 0 radical (unpaired) electrons. The molecule has 74 valence electrons. The van der Waals surface area contributed by atoms with Crippen molar-refractivity contribution in [1.29, 1.82) is 0 Å². The smallest absolute Gasteiger partial charge is 0.225 e. The highest BCUT2D eigenvalue weighted by molar-refractivity contribution is 5.77. The van der Waals surface area contributed by atoms with Gasteiger partial charge in [0.05, 0.1) is 12.5 Å². The summed E-state index contributed by atoms with van der Waals surface area (Å²) in [6.07, 6.45) is 2.85. The van der Waals surface area contributed by atoms with Crippen LogP contribution in [0.2, 0.25) is 0 Å². The molecule has 1 unspecified atom stereocenters. The summed E-state index contributed by atoms with van der Waals surface area (Å²) in [6, 6.07) is 0.202. The summed E-state index contributed by atoms with van der Waals surface area (Å²) >= 11 is 0. The van der Waals surface area contributed by atoms with Crippen LogP contribution in [-0.4, -0.2) is 42.6 Å². The second kappa shape index (κ2) is 3.64. The lowest BCUT2D eigenvalue weighted by Crippen LogP contribution is -2.58. The SMILES string of the molecule is NC1CN(C(=O)CC2CCCO2)C1. The maximum atomic E-state index is 11.5. The van der Waals surface area contributed by atoms with Gasteiger partial charge in [-0.1, -0.05) is 0 Å². The third-order valence-electron chi connectivity index (χ3n) is 2.69. The average molecular weight is 184 g/mol. The first kappa shape index (κ1) is 8.97. The maximum Gasteiger partial charge on any atom is 0.225 e. The molecule has 0 aromatic carbocycles. The fraction of sp³-hybridized carbons (Fsp3) is 0.889. The zero-order valence-corrected chi connectivity index (χ0v) is 7.74. The summed E-state index contributed by atoms with van der Waals surface area (Å²) in [5, 5.41) is 0. The molecule has 13 heavy (non-hydrogen) atoms. The van der Waals surface area contributed by atoms with Gasteiger partial charge in [0, 0.05) is 25.7 Å². The molecule has 4 heteroatoms. The molecule has 2 rings (SSSR count). The van der Waals surface area contributed by atoms with E-state index in [-0.39, 0.29) is 18.1 Å². The predicted octanol–water partition coefficient (Wildman–Crippen LogP) is -0.275. The van der Waals surface area contributed by atoms with Crippen molar-refractivity contribution in [2.75, 3.05) is 19.7 Å². The molecular weight excluding hydrogens is 168 g/mol. The Morgan fingerprint density at radius 2 is 2.31 bits per heavy atom. The van der Waals surface area contributed by atoms with Crippen LogP contribution in [0.4, 0.5) is 0 Å². The summed E-state index contributed by atoms with van der Waals surface area (Å²) < 4.78 is 5.39. The van der Waals surface area contributed by atoms with Gasteiger partial charge in [-0.3, -0.25) is 4.79 Å². The molecule has 4 nitrogen and oxygen atoms in total. The number of hydrogen-bond donors (Lipinski definition) is 1. The van der Waals surface area contributed by atoms with E-state index in [2.05, 4.69) is 0 Å². The molecule has 2 aliphatic rings. The lowest BCUT2D eigenvalue weighted by molar-refractivity contribution is -0.137. The van der Waals surface area contributed by atoms with Crippen LogP contribution in [0, 0.1) is 0 Å². The Balaban J connectivity index is 1.72. The first-order valence-corrected chi connectivity index (χ1v) is 4.90. The van der Waals surface area contributed by atoms with Crippen LogP contribution in [0.3, 0.4) is 0 Å². The minimum Gasteiger partial charge on any atom is -0.378 e. The van der Waals surface area contributed by atoms with Crippen molar-refractivity contribution >= 4 is 5.91 Å². The van der Waals surface area contributed by atoms with Gasteiger partial charge in [-0.2, -0.15) is 0 Å². The molecule has 0 spiro atoms. The lowest BCUT2D eigenvalue weighted by atomic mass is 10.1. The van der Waals surface area contributed by atoms with Gasteiger partial charge in [-0.05, 0) is 12.8 Å². The molecule has 0 saturated carbocycles. The van der Waals surface area contributed by atoms with Crippen molar-refractivity contribution in [2.24, 2.45) is 5.73 Å². The van der Waals surface area contributed by atoms with E-state index in [0.717, 1.165) is 32.5 Å². The molecule has 0 aromatic heterocycles. The molecule has 1 atom stereocenters. The summed E-state index contributed by atoms with van der Waals surface area (Å²) in [5.41, 5.74) is 5.59. The van der Waals surface area contributed by atoms with E-state index in [0.29, 0.717) is 6.42 Å². The number of ether oxygens (including phenoxy) is 1. The van der Waals surface area contributed by atoms with E-state index >= 15 is 0 Å². The van der Waals surface area contributed by atoms with E-state index in [1.807, 2.05) is 4.90 Å². The Labute approximate surface area is 78.0 Å². The minimum absolute atomic E-state index is 0.171. The molecular formula is C9H16N2O2. The van der Waals surface area contributed by atoms with Gasteiger partial charge in [0.1, 0.15) is 0 Å². The molecule has 2 saturated heterocycles. The molecule has 0 aromatic rings. The van der Waals surface area contributed by atoms with Gasteiger partial charge in [-0.25, -0.2) is 0 Å². The van der Waals surface area contributed by atoms with E-state index in [1.165, 1.54) is 0 Å². The van der Waals surface area contributed by atoms with Crippen molar-refractivity contribution in [3.8, 4) is 0 Å². The summed E-state index contributed by atoms with van der Waals surface area (Å²) in [6.45, 7) is 2.27. The minimum atomic E-state index is 0.171. The number of rotatable bonds is 2. The van der Waals surface area contributed by atoms with E-state index in [1.54, 1.807) is 0 Å². The zero-order valence-electron chi connectivity index (χ0n) is 7.74. The molecule has 2 fully saturated rings. The van der Waals surface area contributed by atoms with Gasteiger partial charge in [0.2, 0.25) is 5.91 Å². The van der Waals surface area contributed by atoms with Gasteiger partial charge < -0.3 is 15.4 Å². The van der Waals surface area contributed by atoms with Crippen LogP contribution < -0.4 is 5.73 Å². The Bertz CT molecular complexity index is 196. The monoisotopic (exact) mass is 184 g/mol. The Kier molecular flexibility index (Phi) is 2.51. The molecule has 2 aliphatic heterocycles. The van der Waals surface area contributed by atoms with Gasteiger partial charge in [-0.15, -0.1) is 0 Å². The van der Waals surface area contributed by atoms with Crippen molar-refractivity contribution < 1.29 is 9.53 Å². The van der Waals surface area contributed by atoms with Crippen LogP contribution >= 0.6 is 0 Å². The number of likely N-dealkylation sites (tertiary alicyclic amines) is 1. The second-order valence-electron chi connectivity index (χ2n) is 3.90. The highest BCUT2D eigenvalue weighted by Gasteiger charge is 2.29. The average Bonchev–Trinajstić information content (AvgIpc) is 2.51. The number of carbonyl (C=O) groups is 1. The lowest BCUT2D eigenvalue weighted by Gasteiger charge is -2.37. The quantitative estimate of drug-likeness (QED) is 0.642. The first-order valence-electron chi connectivity index (χ1n) is 4.90. The van der Waals surface area contributed by atoms with Gasteiger partial charge in [0.25, 0.3) is 0 Å². The topological polar surface area (TPSA) is 55.6 Å². The fourth-order valence-electron chi connectivity index (χ4n) is 1.85. The molecule has 0 bridgehead atoms. The fourth-order valence-corrected chi connectivity index (χ4v) is 1.85. The Morgan fingerprint density at radius 3 is 2.85 bits per heavy atom. The van der Waals surface area contributed by atoms with Crippen molar-refractivity contribution in [3.05, 3.63) is 0 Å². The molecule has 0 aliphatic carbocycles. The number of carbonyl (C=O) groups excluding carboxylic acids is 1. The van der Waals surface area contributed by atoms with E-state index in [9.17, 15) is 4.79 Å². The molecule has 2 N–H and O–H groups in total. The predicted molar refractivity (Wildman–Crippen MR) is 48.1 cm³/mol. The normalized spacial score (nSPS) is 29.0. The van der Waals surface area contributed by atoms with Crippen LogP contribution in [0.25, 0.3) is 0 Å². The van der Waals surface area contributed by atoms with Crippen molar-refractivity contribution in [3.63, 3.8) is 0 Å². The Morgan fingerprint density at radius 1 is 1.54 bits per heavy atom. The largest absolute Gasteiger partial charge is 0.378 e. The second-order valence-corrected chi connectivity index (χ2v) is 3.90. The van der Waals surface area contributed by atoms with Crippen molar-refractivity contribution in [1.82, 2.24) is 4.90 Å². The maximum absolute atomic E-state index is 11.5. The van der Waals surface area contributed by atoms with Crippen LogP contribution in [-0.2, 0) is 9.53 Å². The Hall–Kier alpha value is -0.610. The third kappa shape index (κ3) is 2.00. The number of hydrogen-bond acceptors (Lipinski definition) is 3. The molecule has 2 heterocycles. The van der Waals surface area contributed by atoms with Crippen LogP contribution in [0.15, 0.2) is 0 Å². The van der Waals surface area contributed by atoms with Crippen LogP contribution in [0.5, 0.6) is 0 Å². The number of nitrogens with zero attached hydrogens (tertiary/aromatic N) is 1. The summed E-state index contributed by atoms with van der Waals surface area (Å²) in [5.74, 6) is 0.202. The highest BCUT2D eigenvalue weighted by Crippen LogP contribution is 2.18. The summed E-state index contributed by atoms with van der Waals surface area (Å²) in [7, 11) is 0. The number of nitrogens with two attached hydrogens (primary N) is 1. The zero-order chi connectivity index (χ0) is 9.26. The van der Waals surface area contributed by atoms with E-state index < -0.39 is 0 Å². The van der Waals surface area contributed by atoms with Crippen LogP contribution in [0.1, 0.15) is 19.3 Å². The standard InChI is InChI=1S/C9H16N2O2/c10-7-5-11(6-7)9(12)4-8-2-1-3-13-8/h7-8H,1-6,10H2. The van der Waals surface area contributed by atoms with Crippen molar-refractivity contribution in [2.45, 2.75) is 31.4 Å². The van der Waals surface area contributed by atoms with Gasteiger partial charge in [0.15, 0.2) is 0 Å². The van der Waals surface area contributed by atoms with Gasteiger partial charge >= 0.3 is 0 Å². The summed E-state index contributed by atoms with van der Waals surface area (Å²) in [4.78, 5) is 13.3. The molecule has 1 amide bonds.